The molecule has 0 radical (unpaired) electrons. The fourth-order valence-electron chi connectivity index (χ4n) is 3.78. The van der Waals surface area contributed by atoms with Crippen molar-refractivity contribution in [1.29, 1.82) is 0 Å². The number of nitrogens with zero attached hydrogens (tertiary/aromatic N) is 4. The number of rotatable bonds is 3. The molecule has 1 aliphatic rings. The van der Waals surface area contributed by atoms with E-state index in [2.05, 4.69) is 10.00 Å². The largest absolute Gasteiger partial charge is 0.335 e. The molecule has 0 unspecified atom stereocenters. The maximum Gasteiger partial charge on any atom is 0.278 e. The van der Waals surface area contributed by atoms with Crippen LogP contribution >= 0.6 is 0 Å². The molecule has 0 saturated carbocycles. The van der Waals surface area contributed by atoms with Crippen molar-refractivity contribution in [2.45, 2.75) is 13.5 Å². The molecule has 7 heteroatoms. The van der Waals surface area contributed by atoms with Crippen LogP contribution in [0.4, 0.5) is 4.39 Å². The van der Waals surface area contributed by atoms with E-state index < -0.39 is 0 Å². The number of hydrogen-bond acceptors (Lipinski definition) is 4. The van der Waals surface area contributed by atoms with Gasteiger partial charge in [-0.1, -0.05) is 23.8 Å². The van der Waals surface area contributed by atoms with E-state index in [0.717, 1.165) is 11.1 Å². The van der Waals surface area contributed by atoms with Crippen molar-refractivity contribution in [1.82, 2.24) is 19.6 Å². The summed E-state index contributed by atoms with van der Waals surface area (Å²) in [5.74, 6) is -0.579. The van der Waals surface area contributed by atoms with Crippen LogP contribution in [-0.2, 0) is 13.6 Å². The molecule has 3 aromatic rings. The zero-order valence-electron chi connectivity index (χ0n) is 16.6. The second kappa shape index (κ2) is 7.75. The summed E-state index contributed by atoms with van der Waals surface area (Å²) < 4.78 is 15.0. The van der Waals surface area contributed by atoms with Gasteiger partial charge in [-0.15, -0.1) is 0 Å². The zero-order valence-corrected chi connectivity index (χ0v) is 16.6. The third kappa shape index (κ3) is 3.91. The van der Waals surface area contributed by atoms with Crippen LogP contribution in [-0.4, -0.2) is 51.7 Å². The Bertz CT molecular complexity index is 1130. The number of piperazine rings is 1. The van der Waals surface area contributed by atoms with Crippen LogP contribution in [0.25, 0.3) is 10.9 Å². The summed E-state index contributed by atoms with van der Waals surface area (Å²) in [5.41, 5.74) is 2.21. The quantitative estimate of drug-likeness (QED) is 0.684. The van der Waals surface area contributed by atoms with Gasteiger partial charge < -0.3 is 4.90 Å². The number of aryl methyl sites for hydroxylation is 2. The van der Waals surface area contributed by atoms with Crippen molar-refractivity contribution in [2.24, 2.45) is 7.05 Å². The van der Waals surface area contributed by atoms with Crippen molar-refractivity contribution >= 4 is 16.8 Å². The lowest BCUT2D eigenvalue weighted by atomic mass is 10.1. The van der Waals surface area contributed by atoms with Gasteiger partial charge in [0.25, 0.3) is 5.91 Å². The number of fused-ring (bicyclic) bond motifs is 1. The number of aromatic nitrogens is 2. The Labute approximate surface area is 168 Å². The summed E-state index contributed by atoms with van der Waals surface area (Å²) in [4.78, 5) is 29.7. The molecule has 4 rings (SSSR count). The molecule has 0 aliphatic carbocycles. The van der Waals surface area contributed by atoms with Gasteiger partial charge in [0, 0.05) is 39.8 Å². The predicted octanol–water partition coefficient (Wildman–Crippen LogP) is 2.34. The van der Waals surface area contributed by atoms with Crippen LogP contribution in [0.3, 0.4) is 0 Å². The molecular weight excluding hydrogens is 371 g/mol. The number of amides is 1. The molecular formula is C22H23FN4O2. The van der Waals surface area contributed by atoms with Crippen molar-refractivity contribution in [3.05, 3.63) is 75.3 Å². The highest BCUT2D eigenvalue weighted by molar-refractivity contribution is 5.95. The van der Waals surface area contributed by atoms with E-state index >= 15 is 0 Å². The second-order valence-electron chi connectivity index (χ2n) is 7.52. The maximum atomic E-state index is 13.4. The van der Waals surface area contributed by atoms with Crippen LogP contribution in [0.2, 0.25) is 0 Å². The monoisotopic (exact) mass is 394 g/mol. The van der Waals surface area contributed by atoms with Crippen LogP contribution < -0.4 is 5.43 Å². The van der Waals surface area contributed by atoms with E-state index in [4.69, 9.17) is 0 Å². The highest BCUT2D eigenvalue weighted by Crippen LogP contribution is 2.14. The molecule has 6 nitrogen and oxygen atoms in total. The second-order valence-corrected chi connectivity index (χ2v) is 7.52. The van der Waals surface area contributed by atoms with Crippen LogP contribution in [0.15, 0.2) is 47.3 Å². The highest BCUT2D eigenvalue weighted by atomic mass is 19.1. The van der Waals surface area contributed by atoms with Gasteiger partial charge >= 0.3 is 0 Å². The van der Waals surface area contributed by atoms with Crippen LogP contribution in [0.5, 0.6) is 0 Å². The van der Waals surface area contributed by atoms with E-state index in [0.29, 0.717) is 43.6 Å². The molecule has 0 bridgehead atoms. The summed E-state index contributed by atoms with van der Waals surface area (Å²) in [6, 6.07) is 12.1. The molecule has 29 heavy (non-hydrogen) atoms. The smallest absolute Gasteiger partial charge is 0.278 e. The van der Waals surface area contributed by atoms with Gasteiger partial charge in [0.1, 0.15) is 5.82 Å². The number of carbonyl (C=O) groups is 1. The van der Waals surface area contributed by atoms with Gasteiger partial charge in [-0.25, -0.2) is 4.39 Å². The van der Waals surface area contributed by atoms with Gasteiger partial charge in [0.2, 0.25) is 5.43 Å². The fraction of sp³-hybridized carbons (Fsp3) is 0.318. The first-order valence-electron chi connectivity index (χ1n) is 9.66. The number of carbonyl (C=O) groups excluding carboxylic acids is 1. The first-order valence-corrected chi connectivity index (χ1v) is 9.66. The lowest BCUT2D eigenvalue weighted by molar-refractivity contribution is 0.0619. The Morgan fingerprint density at radius 3 is 2.59 bits per heavy atom. The summed E-state index contributed by atoms with van der Waals surface area (Å²) >= 11 is 0. The minimum atomic E-state index is -0.334. The Balaban J connectivity index is 1.50. The van der Waals surface area contributed by atoms with Gasteiger partial charge in [-0.05, 0) is 36.8 Å². The third-order valence-corrected chi connectivity index (χ3v) is 5.37. The molecule has 1 fully saturated rings. The fourth-order valence-corrected chi connectivity index (χ4v) is 3.78. The summed E-state index contributed by atoms with van der Waals surface area (Å²) in [7, 11) is 1.74. The number of hydrogen-bond donors (Lipinski definition) is 0. The number of benzene rings is 2. The van der Waals surface area contributed by atoms with Crippen molar-refractivity contribution in [3.63, 3.8) is 0 Å². The summed E-state index contributed by atoms with van der Waals surface area (Å²) in [6.07, 6.45) is 0. The van der Waals surface area contributed by atoms with Crippen LogP contribution in [0, 0.1) is 12.7 Å². The first-order chi connectivity index (χ1) is 13.9. The lowest BCUT2D eigenvalue weighted by Crippen LogP contribution is -2.49. The molecule has 1 saturated heterocycles. The standard InChI is InChI=1S/C22H23FN4O2/c1-15-6-7-19-18(12-15)21(28)20(24-25(19)2)22(29)27-10-8-26(9-11-27)14-16-4-3-5-17(23)13-16/h3-7,12-13H,8-11,14H2,1-2H3. The molecule has 2 heterocycles. The Hall–Kier alpha value is -3.06. The lowest BCUT2D eigenvalue weighted by Gasteiger charge is -2.34. The van der Waals surface area contributed by atoms with Gasteiger partial charge in [0.05, 0.1) is 10.9 Å². The Kier molecular flexibility index (Phi) is 5.15. The van der Waals surface area contributed by atoms with E-state index in [9.17, 15) is 14.0 Å². The molecule has 0 N–H and O–H groups in total. The molecule has 0 spiro atoms. The van der Waals surface area contributed by atoms with Gasteiger partial charge in [0.15, 0.2) is 5.69 Å². The normalized spacial score (nSPS) is 15.1. The third-order valence-electron chi connectivity index (χ3n) is 5.37. The van der Waals surface area contributed by atoms with Crippen molar-refractivity contribution in [3.8, 4) is 0 Å². The average molecular weight is 394 g/mol. The highest BCUT2D eigenvalue weighted by Gasteiger charge is 2.26. The van der Waals surface area contributed by atoms with E-state index in [-0.39, 0.29) is 22.8 Å². The van der Waals surface area contributed by atoms with Crippen molar-refractivity contribution < 1.29 is 9.18 Å². The van der Waals surface area contributed by atoms with Gasteiger partial charge in [-0.2, -0.15) is 5.10 Å². The molecule has 1 aliphatic heterocycles. The SMILES string of the molecule is Cc1ccc2c(c1)c(=O)c(C(=O)N1CCN(Cc3cccc(F)c3)CC1)nn2C. The molecule has 2 aromatic carbocycles. The Morgan fingerprint density at radius 2 is 1.86 bits per heavy atom. The molecule has 1 aromatic heterocycles. The summed E-state index contributed by atoms with van der Waals surface area (Å²) in [5, 5.41) is 4.77. The summed E-state index contributed by atoms with van der Waals surface area (Å²) in [6.45, 7) is 4.88. The minimum absolute atomic E-state index is 0.0378. The minimum Gasteiger partial charge on any atom is -0.335 e. The number of halogens is 1. The van der Waals surface area contributed by atoms with Crippen LogP contribution in [0.1, 0.15) is 21.6 Å². The maximum absolute atomic E-state index is 13.4. The van der Waals surface area contributed by atoms with E-state index in [1.54, 1.807) is 28.8 Å². The average Bonchev–Trinajstić information content (AvgIpc) is 2.71. The van der Waals surface area contributed by atoms with E-state index in [1.165, 1.54) is 12.1 Å². The predicted molar refractivity (Wildman–Crippen MR) is 109 cm³/mol. The zero-order chi connectivity index (χ0) is 20.5. The molecule has 1 amide bonds. The van der Waals surface area contributed by atoms with Crippen molar-refractivity contribution in [2.75, 3.05) is 26.2 Å². The molecule has 0 atom stereocenters. The topological polar surface area (TPSA) is 58.4 Å². The van der Waals surface area contributed by atoms with Gasteiger partial charge in [-0.3, -0.25) is 19.2 Å². The molecule has 150 valence electrons. The Morgan fingerprint density at radius 1 is 1.10 bits per heavy atom. The van der Waals surface area contributed by atoms with E-state index in [1.807, 2.05) is 25.1 Å². The first kappa shape index (κ1) is 19.3.